The lowest BCUT2D eigenvalue weighted by atomic mass is 10.1. The van der Waals surface area contributed by atoms with Crippen LogP contribution in [0.2, 0.25) is 0 Å². The topological polar surface area (TPSA) is 21.3 Å². The zero-order valence-corrected chi connectivity index (χ0v) is 7.86. The fraction of sp³-hybridized carbons (Fsp3) is 0.455. The van der Waals surface area contributed by atoms with Crippen LogP contribution in [0.4, 0.5) is 0 Å². The number of ether oxygens (including phenoxy) is 1. The van der Waals surface area contributed by atoms with Gasteiger partial charge in [-0.15, -0.1) is 0 Å². The first-order valence-electron chi connectivity index (χ1n) is 4.76. The molecule has 0 aliphatic carbocycles. The molecule has 1 aliphatic heterocycles. The van der Waals surface area contributed by atoms with Crippen molar-refractivity contribution >= 4 is 0 Å². The van der Waals surface area contributed by atoms with E-state index in [9.17, 15) is 0 Å². The molecule has 0 radical (unpaired) electrons. The average Bonchev–Trinajstić information content (AvgIpc) is 2.20. The molecule has 1 saturated heterocycles. The molecule has 13 heavy (non-hydrogen) atoms. The minimum Gasteiger partial charge on any atom is -0.375 e. The third-order valence-electron chi connectivity index (χ3n) is 2.40. The Morgan fingerprint density at radius 1 is 1.31 bits per heavy atom. The molecule has 1 aromatic rings. The van der Waals surface area contributed by atoms with Gasteiger partial charge < -0.3 is 10.1 Å². The number of morpholine rings is 1. The van der Waals surface area contributed by atoms with Crippen LogP contribution < -0.4 is 5.32 Å². The maximum atomic E-state index is 5.58. The van der Waals surface area contributed by atoms with Gasteiger partial charge in [-0.3, -0.25) is 0 Å². The highest BCUT2D eigenvalue weighted by Crippen LogP contribution is 2.16. The summed E-state index contributed by atoms with van der Waals surface area (Å²) in [6.07, 6.45) is 0.347. The van der Waals surface area contributed by atoms with Crippen LogP contribution in [-0.2, 0) is 4.74 Å². The molecule has 1 N–H and O–H groups in total. The third kappa shape index (κ3) is 2.08. The second-order valence-electron chi connectivity index (χ2n) is 3.52. The Kier molecular flexibility index (Phi) is 2.62. The van der Waals surface area contributed by atoms with Crippen LogP contribution >= 0.6 is 0 Å². The summed E-state index contributed by atoms with van der Waals surface area (Å²) in [5, 5.41) is 3.46. The average molecular weight is 177 g/mol. The van der Waals surface area contributed by atoms with Gasteiger partial charge in [0.1, 0.15) is 0 Å². The molecule has 0 spiro atoms. The summed E-state index contributed by atoms with van der Waals surface area (Å²) >= 11 is 0. The summed E-state index contributed by atoms with van der Waals surface area (Å²) < 4.78 is 5.58. The van der Waals surface area contributed by atoms with E-state index in [0.717, 1.165) is 13.2 Å². The molecule has 1 aromatic carbocycles. The Morgan fingerprint density at radius 2 is 2.08 bits per heavy atom. The van der Waals surface area contributed by atoms with Crippen molar-refractivity contribution in [1.82, 2.24) is 5.32 Å². The lowest BCUT2D eigenvalue weighted by Gasteiger charge is -2.28. The molecule has 1 fully saturated rings. The van der Waals surface area contributed by atoms with Crippen molar-refractivity contribution in [3.63, 3.8) is 0 Å². The highest BCUT2D eigenvalue weighted by atomic mass is 16.5. The van der Waals surface area contributed by atoms with Crippen LogP contribution in [-0.4, -0.2) is 19.3 Å². The number of hydrogen-bond donors (Lipinski definition) is 1. The molecule has 1 aliphatic rings. The zero-order chi connectivity index (χ0) is 9.10. The first-order chi connectivity index (χ1) is 6.36. The summed E-state index contributed by atoms with van der Waals surface area (Å²) in [4.78, 5) is 0. The van der Waals surface area contributed by atoms with Gasteiger partial charge in [-0.2, -0.15) is 0 Å². The molecule has 2 rings (SSSR count). The maximum Gasteiger partial charge on any atom is 0.0672 e. The minimum atomic E-state index is 0.347. The van der Waals surface area contributed by atoms with E-state index in [4.69, 9.17) is 4.74 Å². The van der Waals surface area contributed by atoms with Crippen molar-refractivity contribution in [2.75, 3.05) is 13.2 Å². The van der Waals surface area contributed by atoms with Crippen LogP contribution in [0.5, 0.6) is 0 Å². The largest absolute Gasteiger partial charge is 0.375 e. The molecular formula is C11H15NO. The lowest BCUT2D eigenvalue weighted by Crippen LogP contribution is -2.39. The Balaban J connectivity index is 2.03. The maximum absolute atomic E-state index is 5.58. The van der Waals surface area contributed by atoms with Crippen molar-refractivity contribution in [3.05, 3.63) is 35.9 Å². The van der Waals surface area contributed by atoms with E-state index in [0.29, 0.717) is 12.1 Å². The third-order valence-corrected chi connectivity index (χ3v) is 2.40. The first-order valence-corrected chi connectivity index (χ1v) is 4.76. The number of hydrogen-bond acceptors (Lipinski definition) is 2. The molecule has 1 heterocycles. The quantitative estimate of drug-likeness (QED) is 0.705. The van der Waals surface area contributed by atoms with Crippen molar-refractivity contribution in [2.24, 2.45) is 0 Å². The van der Waals surface area contributed by atoms with Gasteiger partial charge in [0.25, 0.3) is 0 Å². The normalized spacial score (nSPS) is 28.7. The van der Waals surface area contributed by atoms with Crippen molar-refractivity contribution in [3.8, 4) is 0 Å². The van der Waals surface area contributed by atoms with Crippen LogP contribution in [0.25, 0.3) is 0 Å². The van der Waals surface area contributed by atoms with E-state index >= 15 is 0 Å². The smallest absolute Gasteiger partial charge is 0.0672 e. The summed E-state index contributed by atoms with van der Waals surface area (Å²) in [6.45, 7) is 3.82. The minimum absolute atomic E-state index is 0.347. The number of nitrogens with one attached hydrogen (secondary N) is 1. The van der Waals surface area contributed by atoms with Crippen LogP contribution in [0, 0.1) is 0 Å². The molecule has 0 amide bonds. The van der Waals surface area contributed by atoms with Gasteiger partial charge in [0, 0.05) is 6.54 Å². The van der Waals surface area contributed by atoms with Gasteiger partial charge >= 0.3 is 0 Å². The monoisotopic (exact) mass is 177 g/mol. The summed E-state index contributed by atoms with van der Waals surface area (Å²) in [5.41, 5.74) is 1.31. The van der Waals surface area contributed by atoms with Crippen molar-refractivity contribution in [2.45, 2.75) is 19.1 Å². The lowest BCUT2D eigenvalue weighted by molar-refractivity contribution is 0.0149. The van der Waals surface area contributed by atoms with E-state index in [2.05, 4.69) is 36.5 Å². The Morgan fingerprint density at radius 3 is 2.69 bits per heavy atom. The Bertz CT molecular complexity index is 252. The molecular weight excluding hydrogens is 162 g/mol. The molecule has 2 heteroatoms. The number of rotatable bonds is 1. The summed E-state index contributed by atoms with van der Waals surface area (Å²) in [5.74, 6) is 0. The van der Waals surface area contributed by atoms with E-state index < -0.39 is 0 Å². The fourth-order valence-electron chi connectivity index (χ4n) is 1.59. The zero-order valence-electron chi connectivity index (χ0n) is 7.86. The molecule has 0 aromatic heterocycles. The summed E-state index contributed by atoms with van der Waals surface area (Å²) in [7, 11) is 0. The summed E-state index contributed by atoms with van der Waals surface area (Å²) in [6, 6.07) is 10.8. The highest BCUT2D eigenvalue weighted by molar-refractivity contribution is 5.19. The fourth-order valence-corrected chi connectivity index (χ4v) is 1.59. The second-order valence-corrected chi connectivity index (χ2v) is 3.52. The van der Waals surface area contributed by atoms with E-state index in [1.807, 2.05) is 6.07 Å². The Labute approximate surface area is 78.9 Å². The molecule has 0 saturated carbocycles. The van der Waals surface area contributed by atoms with Crippen molar-refractivity contribution in [1.29, 1.82) is 0 Å². The SMILES string of the molecule is CC1CNC(c2ccccc2)CO1. The first kappa shape index (κ1) is 8.73. The van der Waals surface area contributed by atoms with Crippen LogP contribution in [0.1, 0.15) is 18.5 Å². The second kappa shape index (κ2) is 3.90. The molecule has 0 bridgehead atoms. The van der Waals surface area contributed by atoms with Crippen molar-refractivity contribution < 1.29 is 4.74 Å². The van der Waals surface area contributed by atoms with E-state index in [-0.39, 0.29) is 0 Å². The van der Waals surface area contributed by atoms with E-state index in [1.54, 1.807) is 0 Å². The predicted octanol–water partition coefficient (Wildman–Crippen LogP) is 1.74. The molecule has 2 atom stereocenters. The van der Waals surface area contributed by atoms with E-state index in [1.165, 1.54) is 5.56 Å². The Hall–Kier alpha value is -0.860. The van der Waals surface area contributed by atoms with Gasteiger partial charge in [0.15, 0.2) is 0 Å². The highest BCUT2D eigenvalue weighted by Gasteiger charge is 2.18. The molecule has 2 nitrogen and oxygen atoms in total. The van der Waals surface area contributed by atoms with Gasteiger partial charge in [0.2, 0.25) is 0 Å². The number of benzene rings is 1. The van der Waals surface area contributed by atoms with Gasteiger partial charge in [0.05, 0.1) is 18.8 Å². The predicted molar refractivity (Wildman–Crippen MR) is 52.6 cm³/mol. The standard InChI is InChI=1S/C11H15NO/c1-9-7-12-11(8-13-9)10-5-3-2-4-6-10/h2-6,9,11-12H,7-8H2,1H3. The van der Waals surface area contributed by atoms with Gasteiger partial charge in [-0.1, -0.05) is 30.3 Å². The molecule has 2 unspecified atom stereocenters. The molecule has 70 valence electrons. The van der Waals surface area contributed by atoms with Crippen LogP contribution in [0.3, 0.4) is 0 Å². The van der Waals surface area contributed by atoms with Gasteiger partial charge in [-0.25, -0.2) is 0 Å². The van der Waals surface area contributed by atoms with Crippen LogP contribution in [0.15, 0.2) is 30.3 Å². The van der Waals surface area contributed by atoms with Gasteiger partial charge in [-0.05, 0) is 12.5 Å².